The molecule has 0 bridgehead atoms. The molecule has 1 aliphatic carbocycles. The number of nitrogens with zero attached hydrogens (tertiary/aromatic N) is 1. The van der Waals surface area contributed by atoms with E-state index in [1.807, 2.05) is 0 Å². The Kier molecular flexibility index (Phi) is 5.93. The van der Waals surface area contributed by atoms with Crippen LogP contribution in [0.5, 0.6) is 0 Å². The van der Waals surface area contributed by atoms with Crippen LogP contribution in [0, 0.1) is 11.8 Å². The van der Waals surface area contributed by atoms with E-state index in [0.29, 0.717) is 18.6 Å². The Morgan fingerprint density at radius 1 is 1.06 bits per heavy atom. The van der Waals surface area contributed by atoms with E-state index in [0.717, 1.165) is 12.5 Å². The topological polar surface area (TPSA) is 35.5 Å². The number of likely N-dealkylation sites (tertiary alicyclic amines) is 1. The molecule has 2 aliphatic rings. The summed E-state index contributed by atoms with van der Waals surface area (Å²) in [7, 11) is 0. The highest BCUT2D eigenvalue weighted by atomic mass is 16.3. The van der Waals surface area contributed by atoms with Crippen molar-refractivity contribution in [2.75, 3.05) is 32.8 Å². The third-order valence-electron chi connectivity index (χ3n) is 4.99. The second kappa shape index (κ2) is 7.46. The Morgan fingerprint density at radius 2 is 1.89 bits per heavy atom. The summed E-state index contributed by atoms with van der Waals surface area (Å²) in [6.45, 7) is 7.50. The molecule has 1 heterocycles. The monoisotopic (exact) mass is 254 g/mol. The van der Waals surface area contributed by atoms with Crippen LogP contribution in [0.1, 0.15) is 45.4 Å². The van der Waals surface area contributed by atoms with E-state index in [1.54, 1.807) is 0 Å². The number of nitrogens with one attached hydrogen (secondary N) is 1. The first kappa shape index (κ1) is 14.3. The lowest BCUT2D eigenvalue weighted by molar-refractivity contribution is 0.189. The van der Waals surface area contributed by atoms with Crippen molar-refractivity contribution >= 4 is 0 Å². The fraction of sp³-hybridized carbons (Fsp3) is 1.00. The number of hydrogen-bond acceptors (Lipinski definition) is 3. The molecule has 3 nitrogen and oxygen atoms in total. The normalized spacial score (nSPS) is 34.7. The van der Waals surface area contributed by atoms with Crippen molar-refractivity contribution in [1.82, 2.24) is 10.2 Å². The summed E-state index contributed by atoms with van der Waals surface area (Å²) in [6.07, 6.45) is 7.81. The molecule has 18 heavy (non-hydrogen) atoms. The molecular formula is C15H30N2O. The van der Waals surface area contributed by atoms with Crippen LogP contribution in [-0.2, 0) is 0 Å². The standard InChI is InChI=1S/C15H30N2O/c1-2-17-9-4-7-15(8-10-17)16-11-13-5-3-6-14(13)12-18/h13-16,18H,2-12H2,1H3. The molecule has 0 aromatic rings. The molecule has 0 aromatic heterocycles. The van der Waals surface area contributed by atoms with Crippen LogP contribution in [0.15, 0.2) is 0 Å². The van der Waals surface area contributed by atoms with Crippen molar-refractivity contribution in [2.45, 2.75) is 51.5 Å². The van der Waals surface area contributed by atoms with Gasteiger partial charge in [0, 0.05) is 12.6 Å². The van der Waals surface area contributed by atoms with Crippen molar-refractivity contribution in [1.29, 1.82) is 0 Å². The minimum absolute atomic E-state index is 0.390. The molecule has 1 saturated carbocycles. The third kappa shape index (κ3) is 3.94. The van der Waals surface area contributed by atoms with Crippen molar-refractivity contribution < 1.29 is 5.11 Å². The summed E-state index contributed by atoms with van der Waals surface area (Å²) >= 11 is 0. The first-order valence-corrected chi connectivity index (χ1v) is 7.90. The summed E-state index contributed by atoms with van der Waals surface area (Å²) in [6, 6.07) is 0.710. The van der Waals surface area contributed by atoms with Gasteiger partial charge in [0.05, 0.1) is 0 Å². The van der Waals surface area contributed by atoms with Crippen LogP contribution in [0.4, 0.5) is 0 Å². The molecule has 3 atom stereocenters. The molecule has 2 fully saturated rings. The van der Waals surface area contributed by atoms with Gasteiger partial charge >= 0.3 is 0 Å². The van der Waals surface area contributed by atoms with Crippen LogP contribution in [0.3, 0.4) is 0 Å². The van der Waals surface area contributed by atoms with E-state index in [-0.39, 0.29) is 0 Å². The summed E-state index contributed by atoms with van der Waals surface area (Å²) < 4.78 is 0. The van der Waals surface area contributed by atoms with Crippen molar-refractivity contribution in [3.63, 3.8) is 0 Å². The Labute approximate surface area is 112 Å². The van der Waals surface area contributed by atoms with Crippen LogP contribution in [0.2, 0.25) is 0 Å². The van der Waals surface area contributed by atoms with E-state index in [9.17, 15) is 5.11 Å². The molecule has 106 valence electrons. The SMILES string of the molecule is CCN1CCCC(NCC2CCCC2CO)CC1. The Hall–Kier alpha value is -0.120. The van der Waals surface area contributed by atoms with Gasteiger partial charge in [-0.2, -0.15) is 0 Å². The summed E-state index contributed by atoms with van der Waals surface area (Å²) in [5.41, 5.74) is 0. The predicted octanol–water partition coefficient (Wildman–Crippen LogP) is 1.86. The fourth-order valence-corrected chi connectivity index (χ4v) is 3.62. The highest BCUT2D eigenvalue weighted by Gasteiger charge is 2.27. The van der Waals surface area contributed by atoms with Crippen LogP contribution < -0.4 is 5.32 Å². The van der Waals surface area contributed by atoms with E-state index < -0.39 is 0 Å². The molecule has 0 radical (unpaired) electrons. The lowest BCUT2D eigenvalue weighted by atomic mass is 9.96. The summed E-state index contributed by atoms with van der Waals surface area (Å²) in [5.74, 6) is 1.29. The van der Waals surface area contributed by atoms with Crippen LogP contribution in [0.25, 0.3) is 0 Å². The third-order valence-corrected chi connectivity index (χ3v) is 4.99. The zero-order valence-electron chi connectivity index (χ0n) is 11.9. The summed E-state index contributed by atoms with van der Waals surface area (Å²) in [5, 5.41) is 13.1. The van der Waals surface area contributed by atoms with Gasteiger partial charge in [0.2, 0.25) is 0 Å². The maximum Gasteiger partial charge on any atom is 0.0462 e. The van der Waals surface area contributed by atoms with Gasteiger partial charge in [-0.25, -0.2) is 0 Å². The first-order valence-electron chi connectivity index (χ1n) is 7.90. The Morgan fingerprint density at radius 3 is 2.67 bits per heavy atom. The van der Waals surface area contributed by atoms with Gasteiger partial charge in [0.15, 0.2) is 0 Å². The maximum atomic E-state index is 9.35. The predicted molar refractivity (Wildman–Crippen MR) is 75.7 cm³/mol. The van der Waals surface area contributed by atoms with Gasteiger partial charge in [-0.05, 0) is 70.1 Å². The molecule has 2 rings (SSSR count). The summed E-state index contributed by atoms with van der Waals surface area (Å²) in [4.78, 5) is 2.56. The van der Waals surface area contributed by atoms with Crippen LogP contribution in [-0.4, -0.2) is 48.8 Å². The lowest BCUT2D eigenvalue weighted by Gasteiger charge is -2.23. The van der Waals surface area contributed by atoms with Crippen LogP contribution >= 0.6 is 0 Å². The fourth-order valence-electron chi connectivity index (χ4n) is 3.62. The molecule has 3 unspecified atom stereocenters. The molecule has 1 aliphatic heterocycles. The molecule has 0 spiro atoms. The zero-order chi connectivity index (χ0) is 12.8. The van der Waals surface area contributed by atoms with Gasteiger partial charge in [0.1, 0.15) is 0 Å². The minimum atomic E-state index is 0.390. The largest absolute Gasteiger partial charge is 0.396 e. The zero-order valence-corrected chi connectivity index (χ0v) is 11.9. The molecule has 0 aromatic carbocycles. The van der Waals surface area contributed by atoms with Crippen molar-refractivity contribution in [3.05, 3.63) is 0 Å². The van der Waals surface area contributed by atoms with Crippen molar-refractivity contribution in [2.24, 2.45) is 11.8 Å². The van der Waals surface area contributed by atoms with E-state index >= 15 is 0 Å². The van der Waals surface area contributed by atoms with Gasteiger partial charge in [-0.1, -0.05) is 13.3 Å². The smallest absolute Gasteiger partial charge is 0.0462 e. The van der Waals surface area contributed by atoms with E-state index in [2.05, 4.69) is 17.1 Å². The van der Waals surface area contributed by atoms with E-state index in [4.69, 9.17) is 0 Å². The molecule has 1 saturated heterocycles. The Bertz CT molecular complexity index is 235. The Balaban J connectivity index is 1.69. The minimum Gasteiger partial charge on any atom is -0.396 e. The molecule has 2 N–H and O–H groups in total. The highest BCUT2D eigenvalue weighted by Crippen LogP contribution is 2.30. The number of aliphatic hydroxyl groups is 1. The van der Waals surface area contributed by atoms with Crippen molar-refractivity contribution in [3.8, 4) is 0 Å². The van der Waals surface area contributed by atoms with Gasteiger partial charge < -0.3 is 15.3 Å². The van der Waals surface area contributed by atoms with E-state index in [1.165, 1.54) is 58.2 Å². The quantitative estimate of drug-likeness (QED) is 0.786. The number of hydrogen-bond donors (Lipinski definition) is 2. The lowest BCUT2D eigenvalue weighted by Crippen LogP contribution is -2.36. The van der Waals surface area contributed by atoms with Gasteiger partial charge in [-0.15, -0.1) is 0 Å². The molecular weight excluding hydrogens is 224 g/mol. The van der Waals surface area contributed by atoms with Gasteiger partial charge in [0.25, 0.3) is 0 Å². The average Bonchev–Trinajstić information content (AvgIpc) is 2.73. The maximum absolute atomic E-state index is 9.35. The number of aliphatic hydroxyl groups excluding tert-OH is 1. The second-order valence-electron chi connectivity index (χ2n) is 6.10. The molecule has 3 heteroatoms. The average molecular weight is 254 g/mol. The second-order valence-corrected chi connectivity index (χ2v) is 6.10. The number of rotatable bonds is 5. The highest BCUT2D eigenvalue weighted by molar-refractivity contribution is 4.81. The molecule has 0 amide bonds. The first-order chi connectivity index (χ1) is 8.83. The van der Waals surface area contributed by atoms with Gasteiger partial charge in [-0.3, -0.25) is 0 Å².